The third-order valence-corrected chi connectivity index (χ3v) is 7.76. The first-order chi connectivity index (χ1) is 13.3. The number of nitrogens with zero attached hydrogens (tertiary/aromatic N) is 2. The molecule has 1 aliphatic rings. The standard InChI is InChI=1S/C21H35N3O3S/c1-5-24(6-2)17(3)16-22-21(25)18-11-10-14-20(15-18)28(26,27)23(4)19-12-8-7-9-13-19/h10-11,14-15,17,19H,5-9,12-13,16H2,1-4H3,(H,22,25). The molecule has 1 fully saturated rings. The van der Waals surface area contributed by atoms with Crippen LogP contribution in [0.5, 0.6) is 0 Å². The van der Waals surface area contributed by atoms with Crippen molar-refractivity contribution < 1.29 is 13.2 Å². The van der Waals surface area contributed by atoms with E-state index >= 15 is 0 Å². The number of hydrogen-bond donors (Lipinski definition) is 1. The summed E-state index contributed by atoms with van der Waals surface area (Å²) in [4.78, 5) is 15.0. The van der Waals surface area contributed by atoms with E-state index in [9.17, 15) is 13.2 Å². The molecule has 1 aromatic carbocycles. The molecule has 0 saturated heterocycles. The first kappa shape index (κ1) is 22.8. The molecule has 0 spiro atoms. The Labute approximate surface area is 170 Å². The Morgan fingerprint density at radius 2 is 1.82 bits per heavy atom. The van der Waals surface area contributed by atoms with Crippen molar-refractivity contribution in [3.8, 4) is 0 Å². The van der Waals surface area contributed by atoms with E-state index in [0.29, 0.717) is 12.1 Å². The second-order valence-corrected chi connectivity index (χ2v) is 9.62. The molecule has 1 saturated carbocycles. The Balaban J connectivity index is 2.08. The van der Waals surface area contributed by atoms with Crippen LogP contribution in [-0.4, -0.2) is 62.3 Å². The van der Waals surface area contributed by atoms with Gasteiger partial charge in [-0.25, -0.2) is 8.42 Å². The maximum Gasteiger partial charge on any atom is 0.251 e. The van der Waals surface area contributed by atoms with Crippen LogP contribution >= 0.6 is 0 Å². The Hall–Kier alpha value is -1.44. The van der Waals surface area contributed by atoms with Gasteiger partial charge in [-0.05, 0) is 51.1 Å². The lowest BCUT2D eigenvalue weighted by molar-refractivity contribution is 0.0937. The average molecular weight is 410 g/mol. The molecule has 7 heteroatoms. The second-order valence-electron chi connectivity index (χ2n) is 7.62. The summed E-state index contributed by atoms with van der Waals surface area (Å²) in [5, 5.41) is 2.93. The number of sulfonamides is 1. The first-order valence-electron chi connectivity index (χ1n) is 10.4. The predicted molar refractivity (Wildman–Crippen MR) is 113 cm³/mol. The zero-order valence-electron chi connectivity index (χ0n) is 17.6. The maximum absolute atomic E-state index is 13.0. The quantitative estimate of drug-likeness (QED) is 0.680. The number of rotatable bonds is 9. The molecule has 0 heterocycles. The van der Waals surface area contributed by atoms with Crippen LogP contribution in [0.3, 0.4) is 0 Å². The minimum atomic E-state index is -3.60. The van der Waals surface area contributed by atoms with Crippen molar-refractivity contribution in [1.29, 1.82) is 0 Å². The van der Waals surface area contributed by atoms with Crippen molar-refractivity contribution in [3.63, 3.8) is 0 Å². The Morgan fingerprint density at radius 1 is 1.18 bits per heavy atom. The predicted octanol–water partition coefficient (Wildman–Crippen LogP) is 3.10. The van der Waals surface area contributed by atoms with E-state index in [1.807, 2.05) is 0 Å². The van der Waals surface area contributed by atoms with Gasteiger partial charge in [0, 0.05) is 31.2 Å². The summed E-state index contributed by atoms with van der Waals surface area (Å²) < 4.78 is 27.5. The van der Waals surface area contributed by atoms with Crippen LogP contribution in [0.15, 0.2) is 29.2 Å². The van der Waals surface area contributed by atoms with Gasteiger partial charge in [0.1, 0.15) is 0 Å². The molecule has 0 bridgehead atoms. The van der Waals surface area contributed by atoms with E-state index in [-0.39, 0.29) is 22.9 Å². The summed E-state index contributed by atoms with van der Waals surface area (Å²) >= 11 is 0. The summed E-state index contributed by atoms with van der Waals surface area (Å²) in [7, 11) is -1.95. The Morgan fingerprint density at radius 3 is 2.43 bits per heavy atom. The normalized spacial score (nSPS) is 17.1. The first-order valence-corrected chi connectivity index (χ1v) is 11.9. The van der Waals surface area contributed by atoms with Gasteiger partial charge in [-0.2, -0.15) is 4.31 Å². The van der Waals surface area contributed by atoms with Crippen molar-refractivity contribution in [3.05, 3.63) is 29.8 Å². The molecule has 0 aromatic heterocycles. The third-order valence-electron chi connectivity index (χ3n) is 5.86. The van der Waals surface area contributed by atoms with Crippen LogP contribution in [0.4, 0.5) is 0 Å². The fourth-order valence-corrected chi connectivity index (χ4v) is 5.39. The fourth-order valence-electron chi connectivity index (χ4n) is 3.92. The molecule has 6 nitrogen and oxygen atoms in total. The average Bonchev–Trinajstić information content (AvgIpc) is 2.73. The number of benzene rings is 1. The zero-order valence-corrected chi connectivity index (χ0v) is 18.5. The molecule has 0 aliphatic heterocycles. The van der Waals surface area contributed by atoms with Crippen LogP contribution in [0.25, 0.3) is 0 Å². The molecule has 0 radical (unpaired) electrons. The molecule has 1 atom stereocenters. The highest BCUT2D eigenvalue weighted by atomic mass is 32.2. The number of amides is 1. The highest BCUT2D eigenvalue weighted by Crippen LogP contribution is 2.26. The molecular weight excluding hydrogens is 374 g/mol. The van der Waals surface area contributed by atoms with Crippen molar-refractivity contribution >= 4 is 15.9 Å². The number of hydrogen-bond acceptors (Lipinski definition) is 4. The number of nitrogens with one attached hydrogen (secondary N) is 1. The highest BCUT2D eigenvalue weighted by Gasteiger charge is 2.29. The van der Waals surface area contributed by atoms with Crippen LogP contribution in [0, 0.1) is 0 Å². The van der Waals surface area contributed by atoms with Gasteiger partial charge in [0.25, 0.3) is 5.91 Å². The summed E-state index contributed by atoms with van der Waals surface area (Å²) in [5.41, 5.74) is 0.380. The van der Waals surface area contributed by atoms with E-state index in [2.05, 4.69) is 31.0 Å². The molecule has 1 aromatic rings. The molecule has 1 aliphatic carbocycles. The number of carbonyl (C=O) groups excluding carboxylic acids is 1. The van der Waals surface area contributed by atoms with Crippen molar-refractivity contribution in [2.45, 2.75) is 69.9 Å². The lowest BCUT2D eigenvalue weighted by Gasteiger charge is -2.30. The van der Waals surface area contributed by atoms with Crippen molar-refractivity contribution in [2.24, 2.45) is 0 Å². The van der Waals surface area contributed by atoms with Gasteiger partial charge in [-0.15, -0.1) is 0 Å². The van der Waals surface area contributed by atoms with Gasteiger partial charge >= 0.3 is 0 Å². The minimum Gasteiger partial charge on any atom is -0.350 e. The number of likely N-dealkylation sites (N-methyl/N-ethyl adjacent to an activating group) is 1. The van der Waals surface area contributed by atoms with Crippen LogP contribution in [0.2, 0.25) is 0 Å². The molecule has 158 valence electrons. The Bertz CT molecular complexity index is 741. The second kappa shape index (κ2) is 10.4. The lowest BCUT2D eigenvalue weighted by atomic mass is 9.96. The third kappa shape index (κ3) is 5.55. The van der Waals surface area contributed by atoms with Crippen molar-refractivity contribution in [1.82, 2.24) is 14.5 Å². The van der Waals surface area contributed by atoms with Gasteiger partial charge in [-0.3, -0.25) is 9.69 Å². The molecule has 1 amide bonds. The Kier molecular flexibility index (Phi) is 8.46. The molecule has 28 heavy (non-hydrogen) atoms. The monoisotopic (exact) mass is 409 g/mol. The molecule has 1 N–H and O–H groups in total. The van der Waals surface area contributed by atoms with Gasteiger partial charge in [-0.1, -0.05) is 39.2 Å². The fraction of sp³-hybridized carbons (Fsp3) is 0.667. The lowest BCUT2D eigenvalue weighted by Crippen LogP contribution is -2.42. The van der Waals surface area contributed by atoms with Gasteiger partial charge in [0.05, 0.1) is 4.90 Å². The van der Waals surface area contributed by atoms with E-state index in [4.69, 9.17) is 0 Å². The molecular formula is C21H35N3O3S. The SMILES string of the molecule is CCN(CC)C(C)CNC(=O)c1cccc(S(=O)(=O)N(C)C2CCCCC2)c1. The summed E-state index contributed by atoms with van der Waals surface area (Å²) in [6.45, 7) is 8.65. The van der Waals surface area contributed by atoms with E-state index in [1.54, 1.807) is 25.2 Å². The van der Waals surface area contributed by atoms with Gasteiger partial charge in [0.2, 0.25) is 10.0 Å². The van der Waals surface area contributed by atoms with E-state index in [1.165, 1.54) is 16.8 Å². The zero-order chi connectivity index (χ0) is 20.7. The van der Waals surface area contributed by atoms with Gasteiger partial charge < -0.3 is 5.32 Å². The highest BCUT2D eigenvalue weighted by molar-refractivity contribution is 7.89. The number of carbonyl (C=O) groups is 1. The summed E-state index contributed by atoms with van der Waals surface area (Å²) in [6, 6.07) is 6.65. The van der Waals surface area contributed by atoms with Crippen molar-refractivity contribution in [2.75, 3.05) is 26.7 Å². The largest absolute Gasteiger partial charge is 0.350 e. The van der Waals surface area contributed by atoms with E-state index < -0.39 is 10.0 Å². The smallest absolute Gasteiger partial charge is 0.251 e. The summed E-state index contributed by atoms with van der Waals surface area (Å²) in [6.07, 6.45) is 5.11. The maximum atomic E-state index is 13.0. The van der Waals surface area contributed by atoms with Crippen LogP contribution in [0.1, 0.15) is 63.2 Å². The van der Waals surface area contributed by atoms with E-state index in [0.717, 1.165) is 38.8 Å². The summed E-state index contributed by atoms with van der Waals surface area (Å²) in [5.74, 6) is -0.239. The molecule has 2 rings (SSSR count). The van der Waals surface area contributed by atoms with Crippen LogP contribution in [-0.2, 0) is 10.0 Å². The minimum absolute atomic E-state index is 0.0474. The van der Waals surface area contributed by atoms with Crippen LogP contribution < -0.4 is 5.32 Å². The van der Waals surface area contributed by atoms with Gasteiger partial charge in [0.15, 0.2) is 0 Å². The molecule has 1 unspecified atom stereocenters. The topological polar surface area (TPSA) is 69.7 Å².